The highest BCUT2D eigenvalue weighted by Gasteiger charge is 2.41. The first-order valence-corrected chi connectivity index (χ1v) is 15.6. The van der Waals surface area contributed by atoms with Gasteiger partial charge in [-0.2, -0.15) is 0 Å². The molecule has 0 bridgehead atoms. The molecule has 3 rings (SSSR count). The topological polar surface area (TPSA) is 125 Å². The van der Waals surface area contributed by atoms with Crippen LogP contribution < -0.4 is 14.8 Å². The van der Waals surface area contributed by atoms with Gasteiger partial charge in [0, 0.05) is 37.1 Å². The summed E-state index contributed by atoms with van der Waals surface area (Å²) >= 11 is 2.04. The minimum atomic E-state index is -1.11. The number of nitrogens with one attached hydrogen (secondary N) is 1. The number of ether oxygens (including phenoxy) is 2. The first kappa shape index (κ1) is 33.1. The van der Waals surface area contributed by atoms with E-state index in [2.05, 4.69) is 11.9 Å². The number of carbonyl (C=O) groups excluding carboxylic acids is 3. The van der Waals surface area contributed by atoms with Crippen molar-refractivity contribution in [2.75, 3.05) is 26.8 Å². The van der Waals surface area contributed by atoms with Crippen molar-refractivity contribution in [1.82, 2.24) is 10.2 Å². The van der Waals surface area contributed by atoms with Gasteiger partial charge >= 0.3 is 0 Å². The molecule has 0 spiro atoms. The molecule has 1 aromatic carbocycles. The summed E-state index contributed by atoms with van der Waals surface area (Å²) in [4.78, 5) is 40.0. The van der Waals surface area contributed by atoms with Crippen LogP contribution in [0.4, 0.5) is 0 Å². The second-order valence-electron chi connectivity index (χ2n) is 10.8. The molecule has 41 heavy (non-hydrogen) atoms. The fourth-order valence-corrected chi connectivity index (χ4v) is 6.37. The number of hydrogen-bond donors (Lipinski definition) is 3. The van der Waals surface area contributed by atoms with Crippen LogP contribution in [0.15, 0.2) is 36.4 Å². The monoisotopic (exact) mass is 682 g/mol. The number of allylic oxidation sites excluding steroid dienone is 1. The quantitative estimate of drug-likeness (QED) is 0.110. The lowest BCUT2D eigenvalue weighted by Gasteiger charge is -2.42. The number of methoxy groups -OCH3 is 1. The molecule has 1 aromatic rings. The summed E-state index contributed by atoms with van der Waals surface area (Å²) in [5.41, 5.74) is 0.798. The summed E-state index contributed by atoms with van der Waals surface area (Å²) in [6.45, 7) is 4.16. The predicted octanol–water partition coefficient (Wildman–Crippen LogP) is 4.18. The van der Waals surface area contributed by atoms with Crippen LogP contribution in [0.3, 0.4) is 0 Å². The number of nitrogens with zero attached hydrogens (tertiary/aromatic N) is 1. The third kappa shape index (κ3) is 9.27. The molecule has 3 N–H and O–H groups in total. The molecule has 10 heteroatoms. The van der Waals surface area contributed by atoms with Crippen molar-refractivity contribution < 1.29 is 34.1 Å². The van der Waals surface area contributed by atoms with Gasteiger partial charge in [-0.05, 0) is 78.8 Å². The van der Waals surface area contributed by atoms with Crippen LogP contribution in [0, 0.1) is 9.49 Å². The van der Waals surface area contributed by atoms with E-state index in [1.54, 1.807) is 23.1 Å². The van der Waals surface area contributed by atoms with Crippen LogP contribution in [0.1, 0.15) is 74.6 Å². The Morgan fingerprint density at radius 1 is 1.22 bits per heavy atom. The van der Waals surface area contributed by atoms with Gasteiger partial charge in [0.1, 0.15) is 18.5 Å². The fraction of sp³-hybridized carbons (Fsp3) is 0.581. The molecule has 0 radical (unpaired) electrons. The van der Waals surface area contributed by atoms with Crippen LogP contribution in [0.2, 0.25) is 0 Å². The first-order chi connectivity index (χ1) is 19.8. The van der Waals surface area contributed by atoms with Crippen LogP contribution in [0.5, 0.6) is 11.5 Å². The van der Waals surface area contributed by atoms with Crippen molar-refractivity contribution in [1.29, 1.82) is 0 Å². The molecule has 1 saturated carbocycles. The number of aliphatic hydroxyl groups excluding tert-OH is 2. The SMILES string of the molecule is C=CCCCCC(=O)N(CC1CCCCC1)[C@@H]1CC(C(=O)NCCO)=C[C@H](Oc2c(I)cc(C=O)cc2OC)[C@H]1O. The molecule has 9 nitrogen and oxygen atoms in total. The molecule has 0 heterocycles. The zero-order valence-electron chi connectivity index (χ0n) is 23.9. The molecule has 0 aromatic heterocycles. The van der Waals surface area contributed by atoms with Gasteiger partial charge in [0.25, 0.3) is 0 Å². The highest BCUT2D eigenvalue weighted by atomic mass is 127. The molecular weight excluding hydrogens is 639 g/mol. The van der Waals surface area contributed by atoms with Gasteiger partial charge in [0.05, 0.1) is 23.3 Å². The molecule has 2 aliphatic carbocycles. The lowest BCUT2D eigenvalue weighted by molar-refractivity contribution is -0.140. The zero-order chi connectivity index (χ0) is 29.8. The van der Waals surface area contributed by atoms with Crippen LogP contribution in [-0.4, -0.2) is 78.3 Å². The molecule has 0 aliphatic heterocycles. The highest BCUT2D eigenvalue weighted by Crippen LogP contribution is 2.37. The van der Waals surface area contributed by atoms with E-state index >= 15 is 0 Å². The van der Waals surface area contributed by atoms with Crippen molar-refractivity contribution in [3.05, 3.63) is 45.6 Å². The van der Waals surface area contributed by atoms with E-state index in [0.29, 0.717) is 57.8 Å². The Balaban J connectivity index is 1.96. The smallest absolute Gasteiger partial charge is 0.247 e. The van der Waals surface area contributed by atoms with Gasteiger partial charge in [-0.15, -0.1) is 6.58 Å². The molecule has 2 aliphatic rings. The van der Waals surface area contributed by atoms with Crippen molar-refractivity contribution in [2.45, 2.75) is 82.5 Å². The normalized spacial score (nSPS) is 21.0. The number of aliphatic hydroxyl groups is 2. The number of halogens is 1. The van der Waals surface area contributed by atoms with E-state index in [1.165, 1.54) is 13.5 Å². The molecule has 226 valence electrons. The van der Waals surface area contributed by atoms with E-state index in [4.69, 9.17) is 9.47 Å². The minimum absolute atomic E-state index is 0.0399. The van der Waals surface area contributed by atoms with Crippen LogP contribution in [0.25, 0.3) is 0 Å². The number of benzene rings is 1. The van der Waals surface area contributed by atoms with Gasteiger partial charge in [0.15, 0.2) is 11.5 Å². The van der Waals surface area contributed by atoms with Crippen molar-refractivity contribution in [3.63, 3.8) is 0 Å². The average Bonchev–Trinajstić information content (AvgIpc) is 2.99. The Morgan fingerprint density at radius 2 is 1.98 bits per heavy atom. The molecule has 0 saturated heterocycles. The van der Waals surface area contributed by atoms with Crippen molar-refractivity contribution in [2.24, 2.45) is 5.92 Å². The minimum Gasteiger partial charge on any atom is -0.493 e. The second kappa shape index (κ2) is 16.9. The van der Waals surface area contributed by atoms with Crippen molar-refractivity contribution in [3.8, 4) is 11.5 Å². The van der Waals surface area contributed by atoms with E-state index in [1.807, 2.05) is 28.7 Å². The third-order valence-corrected chi connectivity index (χ3v) is 8.61. The Morgan fingerprint density at radius 3 is 2.63 bits per heavy atom. The fourth-order valence-electron chi connectivity index (χ4n) is 5.62. The van der Waals surface area contributed by atoms with Gasteiger partial charge in [-0.1, -0.05) is 25.3 Å². The first-order valence-electron chi connectivity index (χ1n) is 14.5. The van der Waals surface area contributed by atoms with Crippen LogP contribution in [-0.2, 0) is 9.59 Å². The summed E-state index contributed by atoms with van der Waals surface area (Å²) in [6, 6.07) is 2.53. The van der Waals surface area contributed by atoms with Gasteiger partial charge in [-0.25, -0.2) is 0 Å². The summed E-state index contributed by atoms with van der Waals surface area (Å²) < 4.78 is 12.4. The molecule has 3 atom stereocenters. The van der Waals surface area contributed by atoms with Gasteiger partial charge in [-0.3, -0.25) is 14.4 Å². The molecule has 1 fully saturated rings. The van der Waals surface area contributed by atoms with Gasteiger partial charge in [0.2, 0.25) is 11.8 Å². The largest absolute Gasteiger partial charge is 0.493 e. The number of rotatable bonds is 15. The third-order valence-electron chi connectivity index (χ3n) is 7.81. The average molecular weight is 683 g/mol. The lowest BCUT2D eigenvalue weighted by Crippen LogP contribution is -2.56. The van der Waals surface area contributed by atoms with Gasteiger partial charge < -0.3 is 29.9 Å². The maximum atomic E-state index is 13.7. The second-order valence-corrected chi connectivity index (χ2v) is 11.9. The number of amides is 2. The maximum absolute atomic E-state index is 13.7. The summed E-state index contributed by atoms with van der Waals surface area (Å²) in [5.74, 6) is 0.581. The Hall–Kier alpha value is -2.44. The van der Waals surface area contributed by atoms with E-state index in [0.717, 1.165) is 38.5 Å². The van der Waals surface area contributed by atoms with E-state index in [9.17, 15) is 24.6 Å². The van der Waals surface area contributed by atoms with Crippen molar-refractivity contribution >= 4 is 40.7 Å². The lowest BCUT2D eigenvalue weighted by atomic mass is 9.85. The number of hydrogen-bond acceptors (Lipinski definition) is 7. The Bertz CT molecular complexity index is 1090. The molecular formula is C31H43IN2O7. The number of unbranched alkanes of at least 4 members (excludes halogenated alkanes) is 2. The van der Waals surface area contributed by atoms with E-state index in [-0.39, 0.29) is 31.4 Å². The summed E-state index contributed by atoms with van der Waals surface area (Å²) in [7, 11) is 1.47. The summed E-state index contributed by atoms with van der Waals surface area (Å²) in [6.07, 6.45) is 10.5. The molecule has 2 amide bonds. The van der Waals surface area contributed by atoms with E-state index < -0.39 is 18.2 Å². The maximum Gasteiger partial charge on any atom is 0.247 e. The number of aldehydes is 1. The predicted molar refractivity (Wildman–Crippen MR) is 165 cm³/mol. The Labute approximate surface area is 256 Å². The summed E-state index contributed by atoms with van der Waals surface area (Å²) in [5, 5.41) is 23.7. The van der Waals surface area contributed by atoms with Crippen LogP contribution >= 0.6 is 22.6 Å². The Kier molecular flexibility index (Phi) is 13.6. The zero-order valence-corrected chi connectivity index (χ0v) is 26.0. The molecule has 0 unspecified atom stereocenters. The number of carbonyl (C=O) groups is 3. The standard InChI is InChI=1S/C31H43IN2O7/c1-3-4-5-9-12-28(37)34(19-21-10-7-6-8-11-21)25-17-23(31(39)33-13-14-35)18-26(29(25)38)41-30-24(32)15-22(20-36)16-27(30)40-2/h3,15-16,18,20-21,25-26,29,35,38H,1,4-14,17,19H2,2H3,(H,33,39)/t25-,26+,29+/m1/s1. The highest BCUT2D eigenvalue weighted by molar-refractivity contribution is 14.1.